The molecule has 0 bridgehead atoms. The van der Waals surface area contributed by atoms with Crippen molar-refractivity contribution in [2.75, 3.05) is 28.6 Å². The highest BCUT2D eigenvalue weighted by molar-refractivity contribution is 6.33. The van der Waals surface area contributed by atoms with Gasteiger partial charge in [-0.2, -0.15) is 0 Å². The minimum Gasteiger partial charge on any atom is -0.372 e. The second kappa shape index (κ2) is 9.24. The molecule has 2 aromatic carbocycles. The molecule has 3 rings (SSSR count). The zero-order valence-corrected chi connectivity index (χ0v) is 16.7. The van der Waals surface area contributed by atoms with Crippen LogP contribution in [-0.4, -0.2) is 24.0 Å². The van der Waals surface area contributed by atoms with Crippen LogP contribution in [-0.2, 0) is 0 Å². The first-order valence-electron chi connectivity index (χ1n) is 9.24. The summed E-state index contributed by atoms with van der Waals surface area (Å²) in [5.74, 6) is -0.303. The molecule has 0 aliphatic heterocycles. The van der Waals surface area contributed by atoms with E-state index in [0.717, 1.165) is 24.5 Å². The third-order valence-electron chi connectivity index (χ3n) is 4.40. The Kier molecular flexibility index (Phi) is 6.50. The fourth-order valence-electron chi connectivity index (χ4n) is 2.86. The monoisotopic (exact) mass is 394 g/mol. The van der Waals surface area contributed by atoms with Crippen LogP contribution in [0.2, 0.25) is 5.02 Å². The first-order valence-corrected chi connectivity index (χ1v) is 9.62. The molecule has 28 heavy (non-hydrogen) atoms. The number of carbonyl (C=O) groups excluding carboxylic acids is 1. The molecule has 144 valence electrons. The van der Waals surface area contributed by atoms with E-state index in [1.807, 2.05) is 30.3 Å². The Bertz CT molecular complexity index is 922. The zero-order valence-electron chi connectivity index (χ0n) is 15.9. The van der Waals surface area contributed by atoms with E-state index in [1.165, 1.54) is 5.69 Å². The van der Waals surface area contributed by atoms with Crippen molar-refractivity contribution < 1.29 is 4.79 Å². The van der Waals surface area contributed by atoms with E-state index in [-0.39, 0.29) is 5.91 Å². The molecule has 5 nitrogen and oxygen atoms in total. The molecule has 2 N–H and O–H groups in total. The highest BCUT2D eigenvalue weighted by Crippen LogP contribution is 2.22. The number of hydrogen-bond donors (Lipinski definition) is 2. The topological polar surface area (TPSA) is 57.3 Å². The Morgan fingerprint density at radius 2 is 1.64 bits per heavy atom. The van der Waals surface area contributed by atoms with Gasteiger partial charge in [0.05, 0.1) is 22.6 Å². The molecule has 0 fully saturated rings. The highest BCUT2D eigenvalue weighted by atomic mass is 35.5. The first-order chi connectivity index (χ1) is 13.6. The van der Waals surface area contributed by atoms with Crippen LogP contribution < -0.4 is 15.5 Å². The van der Waals surface area contributed by atoms with Crippen LogP contribution >= 0.6 is 11.6 Å². The van der Waals surface area contributed by atoms with E-state index in [1.54, 1.807) is 24.4 Å². The highest BCUT2D eigenvalue weighted by Gasteiger charge is 2.09. The van der Waals surface area contributed by atoms with Gasteiger partial charge in [-0.25, -0.2) is 4.98 Å². The molecule has 0 aliphatic carbocycles. The maximum atomic E-state index is 12.3. The second-order valence-corrected chi connectivity index (χ2v) is 6.62. The van der Waals surface area contributed by atoms with Crippen LogP contribution in [0.25, 0.3) is 0 Å². The van der Waals surface area contributed by atoms with Gasteiger partial charge in [0.1, 0.15) is 5.69 Å². The largest absolute Gasteiger partial charge is 0.372 e. The molecule has 0 atom stereocenters. The number of halogens is 1. The summed E-state index contributed by atoms with van der Waals surface area (Å²) in [4.78, 5) is 18.9. The number of rotatable bonds is 7. The summed E-state index contributed by atoms with van der Waals surface area (Å²) >= 11 is 6.07. The van der Waals surface area contributed by atoms with Crippen molar-refractivity contribution in [2.24, 2.45) is 0 Å². The quantitative estimate of drug-likeness (QED) is 0.549. The third-order valence-corrected chi connectivity index (χ3v) is 4.73. The normalized spacial score (nSPS) is 10.4. The Morgan fingerprint density at radius 1 is 0.964 bits per heavy atom. The summed E-state index contributed by atoms with van der Waals surface area (Å²) < 4.78 is 0. The average Bonchev–Trinajstić information content (AvgIpc) is 2.72. The van der Waals surface area contributed by atoms with E-state index in [4.69, 9.17) is 11.6 Å². The Morgan fingerprint density at radius 3 is 2.25 bits per heavy atom. The predicted octanol–water partition coefficient (Wildman–Crippen LogP) is 5.58. The Balaban J connectivity index is 1.64. The van der Waals surface area contributed by atoms with Crippen molar-refractivity contribution in [3.05, 3.63) is 77.6 Å². The lowest BCUT2D eigenvalue weighted by atomic mass is 10.2. The number of pyridine rings is 1. The first kappa shape index (κ1) is 19.7. The number of hydrogen-bond acceptors (Lipinski definition) is 4. The predicted molar refractivity (Wildman–Crippen MR) is 117 cm³/mol. The molecule has 1 amide bonds. The van der Waals surface area contributed by atoms with Crippen LogP contribution in [0.5, 0.6) is 0 Å². The molecule has 0 unspecified atom stereocenters. The second-order valence-electron chi connectivity index (χ2n) is 6.21. The zero-order chi connectivity index (χ0) is 19.9. The number of aromatic nitrogens is 1. The smallest absolute Gasteiger partial charge is 0.274 e. The number of nitrogens with one attached hydrogen (secondary N) is 2. The van der Waals surface area contributed by atoms with Crippen molar-refractivity contribution in [1.29, 1.82) is 0 Å². The number of benzene rings is 2. The molecule has 0 saturated heterocycles. The van der Waals surface area contributed by atoms with Crippen molar-refractivity contribution in [2.45, 2.75) is 13.8 Å². The molecule has 1 heterocycles. The molecule has 0 saturated carbocycles. The molecule has 0 radical (unpaired) electrons. The van der Waals surface area contributed by atoms with Gasteiger partial charge in [0.25, 0.3) is 5.91 Å². The number of nitrogens with zero attached hydrogens (tertiary/aromatic N) is 2. The molecule has 3 aromatic rings. The van der Waals surface area contributed by atoms with Crippen LogP contribution in [0.4, 0.5) is 22.7 Å². The van der Waals surface area contributed by atoms with Crippen molar-refractivity contribution in [3.8, 4) is 0 Å². The molecule has 1 aromatic heterocycles. The van der Waals surface area contributed by atoms with Gasteiger partial charge < -0.3 is 15.5 Å². The van der Waals surface area contributed by atoms with Crippen molar-refractivity contribution in [1.82, 2.24) is 4.98 Å². The number of para-hydroxylation sites is 1. The average molecular weight is 395 g/mol. The molecule has 0 spiro atoms. The van der Waals surface area contributed by atoms with Crippen LogP contribution in [0.15, 0.2) is 66.9 Å². The summed E-state index contributed by atoms with van der Waals surface area (Å²) in [7, 11) is 0. The number of carbonyl (C=O) groups is 1. The lowest BCUT2D eigenvalue weighted by Crippen LogP contribution is -2.21. The van der Waals surface area contributed by atoms with Gasteiger partial charge >= 0.3 is 0 Å². The van der Waals surface area contributed by atoms with E-state index < -0.39 is 0 Å². The van der Waals surface area contributed by atoms with Crippen molar-refractivity contribution in [3.63, 3.8) is 0 Å². The maximum absolute atomic E-state index is 12.3. The minimum absolute atomic E-state index is 0.303. The number of anilines is 4. The van der Waals surface area contributed by atoms with Gasteiger partial charge in [0, 0.05) is 24.5 Å². The fourth-order valence-corrected chi connectivity index (χ4v) is 3.05. The summed E-state index contributed by atoms with van der Waals surface area (Å²) in [6, 6.07) is 18.9. The summed E-state index contributed by atoms with van der Waals surface area (Å²) in [5, 5.41) is 6.55. The van der Waals surface area contributed by atoms with Crippen molar-refractivity contribution >= 4 is 40.3 Å². The molecular formula is C22H23ClN4O. The van der Waals surface area contributed by atoms with E-state index in [2.05, 4.69) is 46.5 Å². The van der Waals surface area contributed by atoms with Crippen LogP contribution in [0.1, 0.15) is 24.3 Å². The summed E-state index contributed by atoms with van der Waals surface area (Å²) in [6.45, 7) is 6.24. The van der Waals surface area contributed by atoms with Gasteiger partial charge in [-0.05, 0) is 62.4 Å². The van der Waals surface area contributed by atoms with Crippen LogP contribution in [0, 0.1) is 0 Å². The van der Waals surface area contributed by atoms with Gasteiger partial charge in [0.2, 0.25) is 0 Å². The standard InChI is InChI=1S/C22H23ClN4O/c1-3-27(4-2)18-12-9-16(10-13-18)25-17-11-14-21(24-15-17)22(28)26-20-8-6-5-7-19(20)23/h5-15,25H,3-4H2,1-2H3,(H,26,28). The maximum Gasteiger partial charge on any atom is 0.274 e. The van der Waals surface area contributed by atoms with E-state index in [9.17, 15) is 4.79 Å². The van der Waals surface area contributed by atoms with Crippen LogP contribution in [0.3, 0.4) is 0 Å². The molecular weight excluding hydrogens is 372 g/mol. The third kappa shape index (κ3) is 4.81. The summed E-state index contributed by atoms with van der Waals surface area (Å²) in [6.07, 6.45) is 1.64. The molecule has 0 aliphatic rings. The van der Waals surface area contributed by atoms with E-state index >= 15 is 0 Å². The lowest BCUT2D eigenvalue weighted by molar-refractivity contribution is 0.102. The van der Waals surface area contributed by atoms with Gasteiger partial charge in [-0.3, -0.25) is 4.79 Å². The van der Waals surface area contributed by atoms with Gasteiger partial charge in [-0.1, -0.05) is 23.7 Å². The summed E-state index contributed by atoms with van der Waals surface area (Å²) in [5.41, 5.74) is 3.85. The van der Waals surface area contributed by atoms with Gasteiger partial charge in [-0.15, -0.1) is 0 Å². The SMILES string of the molecule is CCN(CC)c1ccc(Nc2ccc(C(=O)Nc3ccccc3Cl)nc2)cc1. The lowest BCUT2D eigenvalue weighted by Gasteiger charge is -2.21. The van der Waals surface area contributed by atoms with Gasteiger partial charge in [0.15, 0.2) is 0 Å². The Labute approximate surface area is 170 Å². The number of amides is 1. The molecule has 6 heteroatoms. The minimum atomic E-state index is -0.303. The fraction of sp³-hybridized carbons (Fsp3) is 0.182. The van der Waals surface area contributed by atoms with E-state index in [0.29, 0.717) is 16.4 Å². The Hall–Kier alpha value is -3.05.